The first kappa shape index (κ1) is 13.5. The fourth-order valence-electron chi connectivity index (χ4n) is 1.81. The molecular formula is C13H18O4. The highest BCUT2D eigenvalue weighted by Gasteiger charge is 2.24. The van der Waals surface area contributed by atoms with Crippen molar-refractivity contribution in [1.29, 1.82) is 0 Å². The molecule has 1 rings (SSSR count). The van der Waals surface area contributed by atoms with Gasteiger partial charge in [0.1, 0.15) is 11.9 Å². The molecule has 17 heavy (non-hydrogen) atoms. The van der Waals surface area contributed by atoms with Crippen molar-refractivity contribution in [3.63, 3.8) is 0 Å². The number of hydrogen-bond acceptors (Lipinski definition) is 4. The molecule has 0 aromatic rings. The first-order valence-electron chi connectivity index (χ1n) is 5.83. The Hall–Kier alpha value is -1.58. The summed E-state index contributed by atoms with van der Waals surface area (Å²) in [5.74, 6) is -0.428. The summed E-state index contributed by atoms with van der Waals surface area (Å²) in [6, 6.07) is 0. The van der Waals surface area contributed by atoms with Crippen molar-refractivity contribution in [3.8, 4) is 0 Å². The van der Waals surface area contributed by atoms with E-state index < -0.39 is 18.0 Å². The zero-order valence-corrected chi connectivity index (χ0v) is 10.7. The second kappa shape index (κ2) is 5.66. The molecule has 0 spiro atoms. The molecule has 1 aliphatic heterocycles. The highest BCUT2D eigenvalue weighted by molar-refractivity contribution is 6.00. The Morgan fingerprint density at radius 2 is 1.65 bits per heavy atom. The molecule has 0 bridgehead atoms. The molecule has 1 aliphatic rings. The lowest BCUT2D eigenvalue weighted by atomic mass is 10.0. The molecule has 1 heterocycles. The molecule has 94 valence electrons. The summed E-state index contributed by atoms with van der Waals surface area (Å²) in [6.45, 7) is 7.05. The molecule has 0 saturated carbocycles. The minimum atomic E-state index is -0.454. The van der Waals surface area contributed by atoms with Gasteiger partial charge in [-0.15, -0.1) is 0 Å². The fourth-order valence-corrected chi connectivity index (χ4v) is 1.81. The average Bonchev–Trinajstić information content (AvgIpc) is 2.26. The molecule has 0 radical (unpaired) electrons. The number of hydrogen-bond donors (Lipinski definition) is 0. The van der Waals surface area contributed by atoms with Crippen LogP contribution in [-0.4, -0.2) is 18.0 Å². The minimum absolute atomic E-state index is 0.395. The van der Waals surface area contributed by atoms with Crippen LogP contribution in [0.4, 0.5) is 0 Å². The fraction of sp³-hybridized carbons (Fsp3) is 0.538. The van der Waals surface area contributed by atoms with Gasteiger partial charge < -0.3 is 9.47 Å². The Morgan fingerprint density at radius 1 is 1.12 bits per heavy atom. The Kier molecular flexibility index (Phi) is 4.49. The SMILES string of the molecule is CC/C1=C(\CC)C(=O)OC(C)/C=C(/C)OC1=O. The normalized spacial score (nSPS) is 29.4. The maximum atomic E-state index is 11.9. The zero-order valence-electron chi connectivity index (χ0n) is 10.7. The van der Waals surface area contributed by atoms with Crippen molar-refractivity contribution < 1.29 is 19.1 Å². The van der Waals surface area contributed by atoms with E-state index in [0.717, 1.165) is 0 Å². The number of rotatable bonds is 2. The van der Waals surface area contributed by atoms with E-state index in [1.54, 1.807) is 19.9 Å². The van der Waals surface area contributed by atoms with Gasteiger partial charge in [0, 0.05) is 11.1 Å². The summed E-state index contributed by atoms with van der Waals surface area (Å²) < 4.78 is 10.4. The summed E-state index contributed by atoms with van der Waals surface area (Å²) in [5.41, 5.74) is 0.812. The van der Waals surface area contributed by atoms with Crippen molar-refractivity contribution in [2.45, 2.75) is 46.6 Å². The predicted molar refractivity (Wildman–Crippen MR) is 63.0 cm³/mol. The van der Waals surface area contributed by atoms with Crippen LogP contribution in [0.5, 0.6) is 0 Å². The molecule has 0 fully saturated rings. The molecule has 0 aromatic carbocycles. The Balaban J connectivity index is 3.22. The Bertz CT molecular complexity index is 390. The van der Waals surface area contributed by atoms with E-state index in [4.69, 9.17) is 9.47 Å². The molecule has 0 N–H and O–H groups in total. The van der Waals surface area contributed by atoms with E-state index in [2.05, 4.69) is 0 Å². The molecule has 4 heteroatoms. The van der Waals surface area contributed by atoms with Crippen LogP contribution in [0.15, 0.2) is 23.0 Å². The first-order valence-corrected chi connectivity index (χ1v) is 5.83. The largest absolute Gasteiger partial charge is 0.455 e. The number of esters is 2. The van der Waals surface area contributed by atoms with E-state index in [-0.39, 0.29) is 0 Å². The molecular weight excluding hydrogens is 220 g/mol. The third-order valence-corrected chi connectivity index (χ3v) is 2.58. The minimum Gasteiger partial charge on any atom is -0.455 e. The standard InChI is InChI=1S/C13H18O4/c1-5-10-11(6-2)13(15)17-9(4)7-8(3)16-12(10)14/h7-8H,5-6H2,1-4H3/b9-7-,11-10-. The quantitative estimate of drug-likeness (QED) is 0.693. The van der Waals surface area contributed by atoms with Crippen LogP contribution >= 0.6 is 0 Å². The summed E-state index contributed by atoms with van der Waals surface area (Å²) in [6.07, 6.45) is 2.14. The molecule has 0 aromatic heterocycles. The van der Waals surface area contributed by atoms with E-state index >= 15 is 0 Å². The van der Waals surface area contributed by atoms with Gasteiger partial charge in [0.15, 0.2) is 0 Å². The van der Waals surface area contributed by atoms with Crippen molar-refractivity contribution in [2.75, 3.05) is 0 Å². The number of cyclic esters (lactones) is 2. The van der Waals surface area contributed by atoms with Gasteiger partial charge in [-0.3, -0.25) is 0 Å². The van der Waals surface area contributed by atoms with Crippen LogP contribution in [0.1, 0.15) is 40.5 Å². The monoisotopic (exact) mass is 238 g/mol. The molecule has 0 aliphatic carbocycles. The van der Waals surface area contributed by atoms with Gasteiger partial charge in [0.05, 0.1) is 0 Å². The van der Waals surface area contributed by atoms with Gasteiger partial charge in [-0.2, -0.15) is 0 Å². The van der Waals surface area contributed by atoms with Crippen LogP contribution in [0.3, 0.4) is 0 Å². The van der Waals surface area contributed by atoms with Crippen molar-refractivity contribution in [2.24, 2.45) is 0 Å². The van der Waals surface area contributed by atoms with Crippen LogP contribution in [-0.2, 0) is 19.1 Å². The molecule has 0 amide bonds. The van der Waals surface area contributed by atoms with Crippen molar-refractivity contribution in [1.82, 2.24) is 0 Å². The smallest absolute Gasteiger partial charge is 0.339 e. The predicted octanol–water partition coefficient (Wildman–Crippen LogP) is 2.50. The van der Waals surface area contributed by atoms with Gasteiger partial charge in [0.2, 0.25) is 0 Å². The molecule has 4 nitrogen and oxygen atoms in total. The van der Waals surface area contributed by atoms with Crippen molar-refractivity contribution in [3.05, 3.63) is 23.0 Å². The summed E-state index contributed by atoms with van der Waals surface area (Å²) in [4.78, 5) is 23.7. The second-order valence-electron chi connectivity index (χ2n) is 3.94. The van der Waals surface area contributed by atoms with Gasteiger partial charge in [0.25, 0.3) is 0 Å². The lowest BCUT2D eigenvalue weighted by Crippen LogP contribution is -2.17. The van der Waals surface area contributed by atoms with Gasteiger partial charge in [-0.05, 0) is 32.8 Å². The van der Waals surface area contributed by atoms with E-state index in [9.17, 15) is 9.59 Å². The van der Waals surface area contributed by atoms with E-state index in [1.807, 2.05) is 13.8 Å². The molecule has 1 atom stereocenters. The lowest BCUT2D eigenvalue weighted by molar-refractivity contribution is -0.142. The van der Waals surface area contributed by atoms with E-state index in [1.165, 1.54) is 0 Å². The average molecular weight is 238 g/mol. The van der Waals surface area contributed by atoms with Crippen molar-refractivity contribution >= 4 is 11.9 Å². The van der Waals surface area contributed by atoms with Gasteiger partial charge in [-0.25, -0.2) is 9.59 Å². The second-order valence-corrected chi connectivity index (χ2v) is 3.94. The van der Waals surface area contributed by atoms with Gasteiger partial charge >= 0.3 is 11.9 Å². The maximum Gasteiger partial charge on any atom is 0.339 e. The summed E-state index contributed by atoms with van der Waals surface area (Å²) in [7, 11) is 0. The van der Waals surface area contributed by atoms with E-state index in [0.29, 0.717) is 29.7 Å². The number of carbonyl (C=O) groups is 2. The van der Waals surface area contributed by atoms with Crippen LogP contribution in [0, 0.1) is 0 Å². The van der Waals surface area contributed by atoms with Crippen LogP contribution in [0.25, 0.3) is 0 Å². The Labute approximate surface area is 101 Å². The Morgan fingerprint density at radius 3 is 2.18 bits per heavy atom. The maximum absolute atomic E-state index is 11.9. The number of ether oxygens (including phenoxy) is 2. The topological polar surface area (TPSA) is 52.6 Å². The first-order chi connectivity index (χ1) is 7.99. The third kappa shape index (κ3) is 3.19. The highest BCUT2D eigenvalue weighted by atomic mass is 16.6. The van der Waals surface area contributed by atoms with Crippen LogP contribution in [0.2, 0.25) is 0 Å². The third-order valence-electron chi connectivity index (χ3n) is 2.58. The molecule has 0 saturated heterocycles. The number of allylic oxidation sites excluding steroid dienone is 1. The van der Waals surface area contributed by atoms with Gasteiger partial charge in [-0.1, -0.05) is 13.8 Å². The zero-order chi connectivity index (χ0) is 13.0. The molecule has 1 unspecified atom stereocenters. The van der Waals surface area contributed by atoms with Crippen LogP contribution < -0.4 is 0 Å². The summed E-state index contributed by atoms with van der Waals surface area (Å²) in [5, 5.41) is 0. The number of carbonyl (C=O) groups excluding carboxylic acids is 2. The lowest BCUT2D eigenvalue weighted by Gasteiger charge is -2.11. The highest BCUT2D eigenvalue weighted by Crippen LogP contribution is 2.20. The summed E-state index contributed by atoms with van der Waals surface area (Å²) >= 11 is 0.